The lowest BCUT2D eigenvalue weighted by Gasteiger charge is -2.27. The molecular weight excluding hydrogens is 246 g/mol. The first-order valence-electron chi connectivity index (χ1n) is 5.06. The Labute approximate surface area is 105 Å². The predicted molar refractivity (Wildman–Crippen MR) is 63.8 cm³/mol. The number of amides is 1. The van der Waals surface area contributed by atoms with Gasteiger partial charge in [0.1, 0.15) is 12.6 Å². The number of methoxy groups -OCH3 is 1. The number of carboxylic acid groups (broad SMARTS) is 1. The smallest absolute Gasteiger partial charge is 0.328 e. The minimum atomic E-state index is -1.18. The maximum absolute atomic E-state index is 11.9. The van der Waals surface area contributed by atoms with E-state index in [1.54, 1.807) is 6.92 Å². The number of nitrogens with zero attached hydrogens (tertiary/aromatic N) is 1. The summed E-state index contributed by atoms with van der Waals surface area (Å²) in [4.78, 5) is 34.9. The van der Waals surface area contributed by atoms with Crippen LogP contribution in [0, 0.1) is 5.92 Å². The summed E-state index contributed by atoms with van der Waals surface area (Å²) in [6.45, 7) is 2.51. The molecule has 0 bridgehead atoms. The van der Waals surface area contributed by atoms with E-state index in [4.69, 9.17) is 5.11 Å². The molecule has 0 radical (unpaired) electrons. The van der Waals surface area contributed by atoms with Crippen LogP contribution in [0.15, 0.2) is 0 Å². The molecule has 98 valence electrons. The van der Waals surface area contributed by atoms with Crippen LogP contribution in [-0.2, 0) is 19.1 Å². The summed E-state index contributed by atoms with van der Waals surface area (Å²) in [5.74, 6) is -2.43. The van der Waals surface area contributed by atoms with Gasteiger partial charge in [0.25, 0.3) is 0 Å². The van der Waals surface area contributed by atoms with Crippen LogP contribution in [0.3, 0.4) is 0 Å². The average molecular weight is 263 g/mol. The number of ether oxygens (including phenoxy) is 1. The molecule has 6 nitrogen and oxygen atoms in total. The number of aliphatic carboxylic acids is 1. The van der Waals surface area contributed by atoms with Gasteiger partial charge >= 0.3 is 11.9 Å². The molecule has 0 aromatic carbocycles. The van der Waals surface area contributed by atoms with Gasteiger partial charge in [0.15, 0.2) is 0 Å². The predicted octanol–water partition coefficient (Wildman–Crippen LogP) is 0.0270. The van der Waals surface area contributed by atoms with E-state index >= 15 is 0 Å². The summed E-state index contributed by atoms with van der Waals surface area (Å²) in [7, 11) is 1.18. The Morgan fingerprint density at radius 2 is 1.88 bits per heavy atom. The van der Waals surface area contributed by atoms with Crippen molar-refractivity contribution in [3.8, 4) is 0 Å². The lowest BCUT2D eigenvalue weighted by atomic mass is 10.1. The average Bonchev–Trinajstić information content (AvgIpc) is 2.31. The Balaban J connectivity index is 4.92. The first-order valence-corrected chi connectivity index (χ1v) is 5.69. The van der Waals surface area contributed by atoms with Gasteiger partial charge in [-0.15, -0.1) is 0 Å². The zero-order chi connectivity index (χ0) is 13.6. The maximum atomic E-state index is 11.9. The standard InChI is InChI=1S/C10H17NO5S/c1-6(5-17)9(14)11(4-8(12)13)7(2)10(15)16-3/h6-7,17H,4-5H2,1-3H3,(H,12,13)/t6-,7+/m1/s1. The minimum absolute atomic E-state index is 0.281. The molecule has 1 N–H and O–H groups in total. The van der Waals surface area contributed by atoms with Crippen LogP contribution in [0.4, 0.5) is 0 Å². The van der Waals surface area contributed by atoms with Crippen molar-refractivity contribution in [3.05, 3.63) is 0 Å². The summed E-state index contributed by atoms with van der Waals surface area (Å²) in [6, 6.07) is -0.925. The molecule has 0 aromatic rings. The fraction of sp³-hybridized carbons (Fsp3) is 0.700. The minimum Gasteiger partial charge on any atom is -0.480 e. The molecule has 1 amide bonds. The molecular formula is C10H17NO5S. The summed E-state index contributed by atoms with van der Waals surface area (Å²) in [5.41, 5.74) is 0. The third-order valence-corrected chi connectivity index (χ3v) is 2.84. The summed E-state index contributed by atoms with van der Waals surface area (Å²) < 4.78 is 4.49. The highest BCUT2D eigenvalue weighted by molar-refractivity contribution is 7.80. The van der Waals surface area contributed by atoms with Crippen LogP contribution in [0.25, 0.3) is 0 Å². The molecule has 0 heterocycles. The Morgan fingerprint density at radius 1 is 1.35 bits per heavy atom. The second-order valence-corrected chi connectivity index (χ2v) is 4.01. The molecule has 0 aliphatic carbocycles. The van der Waals surface area contributed by atoms with Gasteiger partial charge in [0.2, 0.25) is 5.91 Å². The van der Waals surface area contributed by atoms with Gasteiger partial charge in [-0.25, -0.2) is 4.79 Å². The van der Waals surface area contributed by atoms with Crippen molar-refractivity contribution < 1.29 is 24.2 Å². The normalized spacial score (nSPS) is 13.6. The van der Waals surface area contributed by atoms with Crippen molar-refractivity contribution in [2.45, 2.75) is 19.9 Å². The molecule has 17 heavy (non-hydrogen) atoms. The number of carbonyl (C=O) groups is 3. The van der Waals surface area contributed by atoms with Gasteiger partial charge in [-0.1, -0.05) is 6.92 Å². The second-order valence-electron chi connectivity index (χ2n) is 3.64. The first kappa shape index (κ1) is 15.8. The van der Waals surface area contributed by atoms with Gasteiger partial charge in [0, 0.05) is 11.7 Å². The monoisotopic (exact) mass is 263 g/mol. The van der Waals surface area contributed by atoms with Crippen LogP contribution in [-0.4, -0.2) is 53.3 Å². The first-order chi connectivity index (χ1) is 7.84. The SMILES string of the molecule is COC(=O)[C@H](C)N(CC(=O)O)C(=O)[C@H](C)CS. The van der Waals surface area contributed by atoms with E-state index < -0.39 is 36.4 Å². The Hall–Kier alpha value is -1.24. The van der Waals surface area contributed by atoms with Crippen molar-refractivity contribution in [1.82, 2.24) is 4.90 Å². The zero-order valence-corrected chi connectivity index (χ0v) is 10.9. The van der Waals surface area contributed by atoms with Gasteiger partial charge in [0.05, 0.1) is 7.11 Å². The van der Waals surface area contributed by atoms with Crippen LogP contribution in [0.5, 0.6) is 0 Å². The Morgan fingerprint density at radius 3 is 2.24 bits per heavy atom. The second kappa shape index (κ2) is 7.16. The summed E-state index contributed by atoms with van der Waals surface area (Å²) in [5, 5.41) is 8.73. The van der Waals surface area contributed by atoms with E-state index in [0.29, 0.717) is 0 Å². The molecule has 7 heteroatoms. The Bertz CT molecular complexity index is 307. The fourth-order valence-electron chi connectivity index (χ4n) is 1.21. The van der Waals surface area contributed by atoms with Crippen LogP contribution < -0.4 is 0 Å². The Kier molecular flexibility index (Phi) is 6.64. The maximum Gasteiger partial charge on any atom is 0.328 e. The third-order valence-electron chi connectivity index (χ3n) is 2.29. The molecule has 0 saturated carbocycles. The van der Waals surface area contributed by atoms with Gasteiger partial charge < -0.3 is 14.7 Å². The van der Waals surface area contributed by atoms with E-state index in [9.17, 15) is 14.4 Å². The zero-order valence-electron chi connectivity index (χ0n) is 10.0. The number of hydrogen-bond donors (Lipinski definition) is 2. The number of carbonyl (C=O) groups excluding carboxylic acids is 2. The molecule has 0 unspecified atom stereocenters. The number of esters is 1. The van der Waals surface area contributed by atoms with Crippen LogP contribution in [0.2, 0.25) is 0 Å². The molecule has 0 saturated heterocycles. The molecule has 0 rings (SSSR count). The largest absolute Gasteiger partial charge is 0.480 e. The number of thiol groups is 1. The van der Waals surface area contributed by atoms with Crippen LogP contribution in [0.1, 0.15) is 13.8 Å². The van der Waals surface area contributed by atoms with Gasteiger partial charge in [-0.3, -0.25) is 9.59 Å². The quantitative estimate of drug-likeness (QED) is 0.521. The van der Waals surface area contributed by atoms with Gasteiger partial charge in [-0.2, -0.15) is 12.6 Å². The van der Waals surface area contributed by atoms with Crippen molar-refractivity contribution in [2.75, 3.05) is 19.4 Å². The lowest BCUT2D eigenvalue weighted by molar-refractivity contribution is -0.156. The molecule has 0 aromatic heterocycles. The summed E-state index contributed by atoms with van der Waals surface area (Å²) >= 11 is 3.97. The highest BCUT2D eigenvalue weighted by atomic mass is 32.1. The molecule has 0 spiro atoms. The van der Waals surface area contributed by atoms with E-state index in [1.807, 2.05) is 0 Å². The van der Waals surface area contributed by atoms with Gasteiger partial charge in [-0.05, 0) is 6.92 Å². The highest BCUT2D eigenvalue weighted by Crippen LogP contribution is 2.09. The number of carboxylic acids is 1. The van der Waals surface area contributed by atoms with Crippen molar-refractivity contribution in [3.63, 3.8) is 0 Å². The molecule has 0 aliphatic heterocycles. The van der Waals surface area contributed by atoms with Crippen molar-refractivity contribution in [1.29, 1.82) is 0 Å². The molecule has 0 aliphatic rings. The molecule has 0 fully saturated rings. The third kappa shape index (κ3) is 4.64. The highest BCUT2D eigenvalue weighted by Gasteiger charge is 2.30. The van der Waals surface area contributed by atoms with E-state index in [-0.39, 0.29) is 5.75 Å². The van der Waals surface area contributed by atoms with E-state index in [0.717, 1.165) is 4.90 Å². The van der Waals surface area contributed by atoms with E-state index in [1.165, 1.54) is 14.0 Å². The topological polar surface area (TPSA) is 83.9 Å². The molecule has 2 atom stereocenters. The number of rotatable bonds is 6. The lowest BCUT2D eigenvalue weighted by Crippen LogP contribution is -2.48. The van der Waals surface area contributed by atoms with Crippen LogP contribution >= 0.6 is 12.6 Å². The number of hydrogen-bond acceptors (Lipinski definition) is 5. The summed E-state index contributed by atoms with van der Waals surface area (Å²) in [6.07, 6.45) is 0. The van der Waals surface area contributed by atoms with Crippen molar-refractivity contribution in [2.24, 2.45) is 5.92 Å². The van der Waals surface area contributed by atoms with Crippen molar-refractivity contribution >= 4 is 30.5 Å². The fourth-order valence-corrected chi connectivity index (χ4v) is 1.37. The van der Waals surface area contributed by atoms with E-state index in [2.05, 4.69) is 17.4 Å².